The Hall–Kier alpha value is -3.08. The predicted octanol–water partition coefficient (Wildman–Crippen LogP) is 3.25. The lowest BCUT2D eigenvalue weighted by Gasteiger charge is -2.32. The fourth-order valence-electron chi connectivity index (χ4n) is 4.81. The summed E-state index contributed by atoms with van der Waals surface area (Å²) in [5, 5.41) is 14.6. The standard InChI is InChI=1S/C25H34N5O9P/c1-5-7-16(8-6-2)24(32)34-14-36-40(33)35-11-18-20(39-40)21(37-23(31)15(3)4)25(12-26,38-18)19-10-9-17-22(27)28-13-29-30(17)19/h9-10,13,15-16,18,20-21H,5-8,11,14H2,1-4H3,(H2,27,28,29)/t18-,20-,21-,25+,40-/m1/s1. The molecule has 40 heavy (non-hydrogen) atoms. The van der Waals surface area contributed by atoms with E-state index in [1.54, 1.807) is 26.0 Å². The summed E-state index contributed by atoms with van der Waals surface area (Å²) in [5.41, 5.74) is 4.62. The maximum atomic E-state index is 13.4. The number of esters is 2. The molecule has 15 heteroatoms. The summed E-state index contributed by atoms with van der Waals surface area (Å²) < 4.78 is 48.2. The van der Waals surface area contributed by atoms with Crippen LogP contribution in [0, 0.1) is 23.2 Å². The quantitative estimate of drug-likeness (QED) is 0.232. The molecule has 2 aliphatic heterocycles. The topological polar surface area (TPSA) is 187 Å². The summed E-state index contributed by atoms with van der Waals surface area (Å²) in [7, 11) is -4.32. The maximum absolute atomic E-state index is 13.4. The van der Waals surface area contributed by atoms with Crippen molar-refractivity contribution in [1.29, 1.82) is 5.26 Å². The average Bonchev–Trinajstić information content (AvgIpc) is 3.49. The molecular formula is C25H34N5O9P. The molecule has 14 nitrogen and oxygen atoms in total. The molecule has 5 atom stereocenters. The molecule has 0 aliphatic carbocycles. The van der Waals surface area contributed by atoms with Crippen LogP contribution >= 0.6 is 7.82 Å². The van der Waals surface area contributed by atoms with Crippen molar-refractivity contribution in [3.05, 3.63) is 24.2 Å². The largest absolute Gasteiger partial charge is 0.478 e. The Morgan fingerprint density at radius 3 is 2.65 bits per heavy atom. The average molecular weight is 580 g/mol. The third-order valence-corrected chi connectivity index (χ3v) is 8.20. The number of nitrogens with zero attached hydrogens (tertiary/aromatic N) is 4. The number of rotatable bonds is 11. The number of nitriles is 1. The molecule has 2 fully saturated rings. The van der Waals surface area contributed by atoms with Gasteiger partial charge in [0.2, 0.25) is 12.4 Å². The van der Waals surface area contributed by atoms with Crippen LogP contribution in [0.15, 0.2) is 18.5 Å². The van der Waals surface area contributed by atoms with Crippen LogP contribution in [-0.2, 0) is 47.5 Å². The van der Waals surface area contributed by atoms with Gasteiger partial charge in [0.1, 0.15) is 30.1 Å². The number of nitrogen functional groups attached to an aromatic ring is 1. The molecule has 2 aromatic rings. The van der Waals surface area contributed by atoms with E-state index in [-0.39, 0.29) is 24.0 Å². The van der Waals surface area contributed by atoms with Crippen molar-refractivity contribution >= 4 is 31.1 Å². The second-order valence-corrected chi connectivity index (χ2v) is 11.6. The van der Waals surface area contributed by atoms with E-state index >= 15 is 0 Å². The molecule has 2 aromatic heterocycles. The van der Waals surface area contributed by atoms with Crippen LogP contribution in [0.2, 0.25) is 0 Å². The van der Waals surface area contributed by atoms with Crippen LogP contribution in [0.4, 0.5) is 5.82 Å². The Labute approximate surface area is 231 Å². The fourth-order valence-corrected chi connectivity index (χ4v) is 6.06. The first-order valence-electron chi connectivity index (χ1n) is 13.2. The second kappa shape index (κ2) is 12.2. The van der Waals surface area contributed by atoms with Crippen LogP contribution in [0.3, 0.4) is 0 Å². The van der Waals surface area contributed by atoms with Crippen molar-refractivity contribution in [2.24, 2.45) is 11.8 Å². The molecule has 2 aliphatic rings. The molecule has 0 amide bonds. The van der Waals surface area contributed by atoms with Crippen LogP contribution in [0.1, 0.15) is 59.1 Å². The number of phosphoric ester groups is 1. The van der Waals surface area contributed by atoms with Crippen molar-refractivity contribution < 1.29 is 41.9 Å². The zero-order chi connectivity index (χ0) is 29.1. The lowest BCUT2D eigenvalue weighted by atomic mass is 9.92. The summed E-state index contributed by atoms with van der Waals surface area (Å²) in [6, 6.07) is 5.26. The summed E-state index contributed by atoms with van der Waals surface area (Å²) in [6.07, 6.45) is 0.542. The number of ether oxygens (including phenoxy) is 3. The molecule has 0 bridgehead atoms. The predicted molar refractivity (Wildman–Crippen MR) is 138 cm³/mol. The normalized spacial score (nSPS) is 28.0. The molecule has 2 N–H and O–H groups in total. The van der Waals surface area contributed by atoms with Crippen LogP contribution in [0.25, 0.3) is 5.52 Å². The van der Waals surface area contributed by atoms with Gasteiger partial charge in [0, 0.05) is 0 Å². The smallest absolute Gasteiger partial charge is 0.455 e. The van der Waals surface area contributed by atoms with E-state index < -0.39 is 56.4 Å². The van der Waals surface area contributed by atoms with Gasteiger partial charge in [0.05, 0.1) is 24.1 Å². The Bertz CT molecular complexity index is 1320. The highest BCUT2D eigenvalue weighted by Crippen LogP contribution is 2.58. The first-order valence-corrected chi connectivity index (χ1v) is 14.7. The van der Waals surface area contributed by atoms with E-state index in [4.69, 9.17) is 33.5 Å². The van der Waals surface area contributed by atoms with Crippen molar-refractivity contribution in [1.82, 2.24) is 14.6 Å². The van der Waals surface area contributed by atoms with Gasteiger partial charge in [-0.3, -0.25) is 18.6 Å². The van der Waals surface area contributed by atoms with Gasteiger partial charge in [-0.25, -0.2) is 18.6 Å². The van der Waals surface area contributed by atoms with E-state index in [1.807, 2.05) is 13.8 Å². The van der Waals surface area contributed by atoms with Gasteiger partial charge >= 0.3 is 19.8 Å². The van der Waals surface area contributed by atoms with E-state index in [2.05, 4.69) is 16.2 Å². The van der Waals surface area contributed by atoms with Crippen LogP contribution in [0.5, 0.6) is 0 Å². The van der Waals surface area contributed by atoms with Crippen molar-refractivity contribution in [2.75, 3.05) is 19.1 Å². The fraction of sp³-hybridized carbons (Fsp3) is 0.640. The number of hydrogen-bond donors (Lipinski definition) is 1. The highest BCUT2D eigenvalue weighted by molar-refractivity contribution is 7.48. The number of carbonyl (C=O) groups excluding carboxylic acids is 2. The van der Waals surface area contributed by atoms with E-state index in [1.165, 1.54) is 10.8 Å². The van der Waals surface area contributed by atoms with Gasteiger partial charge in [0.15, 0.2) is 11.9 Å². The Morgan fingerprint density at radius 1 is 1.27 bits per heavy atom. The van der Waals surface area contributed by atoms with Gasteiger partial charge < -0.3 is 19.9 Å². The maximum Gasteiger partial charge on any atom is 0.478 e. The van der Waals surface area contributed by atoms with Crippen molar-refractivity contribution in [3.8, 4) is 6.07 Å². The molecule has 4 heterocycles. The summed E-state index contributed by atoms with van der Waals surface area (Å²) in [6.45, 7) is 6.21. The third-order valence-electron chi connectivity index (χ3n) is 6.81. The number of fused-ring (bicyclic) bond motifs is 2. The zero-order valence-corrected chi connectivity index (χ0v) is 23.7. The third kappa shape index (κ3) is 5.70. The molecule has 4 rings (SSSR count). The highest BCUT2D eigenvalue weighted by Gasteiger charge is 2.65. The monoisotopic (exact) mass is 579 g/mol. The SMILES string of the molecule is CCCC(CCC)C(=O)OCO[P@@]1(=O)OC[C@H]2O[C@@](C#N)(c3ccc4c(N)ncnn34)[C@H](OC(=O)C(C)C)[C@@H]2O1. The van der Waals surface area contributed by atoms with Crippen LogP contribution < -0.4 is 5.73 Å². The number of nitrogens with two attached hydrogens (primary N) is 1. The van der Waals surface area contributed by atoms with E-state index in [0.717, 1.165) is 12.8 Å². The minimum atomic E-state index is -4.32. The number of anilines is 1. The van der Waals surface area contributed by atoms with Crippen LogP contribution in [-0.4, -0.2) is 58.2 Å². The highest BCUT2D eigenvalue weighted by atomic mass is 31.2. The Kier molecular flexibility index (Phi) is 9.12. The lowest BCUT2D eigenvalue weighted by Crippen LogP contribution is -2.46. The minimum absolute atomic E-state index is 0.160. The minimum Gasteiger partial charge on any atom is -0.455 e. The molecule has 0 spiro atoms. The van der Waals surface area contributed by atoms with Gasteiger partial charge in [-0.1, -0.05) is 40.5 Å². The Balaban J connectivity index is 1.59. The summed E-state index contributed by atoms with van der Waals surface area (Å²) in [4.78, 5) is 29.2. The second-order valence-electron chi connectivity index (χ2n) is 9.97. The van der Waals surface area contributed by atoms with Gasteiger partial charge in [-0.2, -0.15) is 10.4 Å². The number of hydrogen-bond acceptors (Lipinski definition) is 13. The van der Waals surface area contributed by atoms with Gasteiger partial charge in [-0.05, 0) is 25.0 Å². The number of carbonyl (C=O) groups is 2. The summed E-state index contributed by atoms with van der Waals surface area (Å²) in [5.74, 6) is -1.80. The first-order chi connectivity index (χ1) is 19.1. The van der Waals surface area contributed by atoms with Crippen molar-refractivity contribution in [3.63, 3.8) is 0 Å². The van der Waals surface area contributed by atoms with E-state index in [9.17, 15) is 19.4 Å². The van der Waals surface area contributed by atoms with E-state index in [0.29, 0.717) is 18.4 Å². The molecule has 0 saturated carbocycles. The summed E-state index contributed by atoms with van der Waals surface area (Å²) >= 11 is 0. The molecule has 218 valence electrons. The number of phosphoric acid groups is 1. The Morgan fingerprint density at radius 2 is 2.00 bits per heavy atom. The lowest BCUT2D eigenvalue weighted by molar-refractivity contribution is -0.165. The molecule has 0 unspecified atom stereocenters. The van der Waals surface area contributed by atoms with Gasteiger partial charge in [0.25, 0.3) is 0 Å². The molecule has 0 aromatic carbocycles. The molecular weight excluding hydrogens is 545 g/mol. The van der Waals surface area contributed by atoms with Crippen molar-refractivity contribution in [2.45, 2.75) is 77.3 Å². The number of aromatic nitrogens is 3. The first kappa shape index (κ1) is 29.9. The molecule has 0 radical (unpaired) electrons. The zero-order valence-electron chi connectivity index (χ0n) is 22.8. The van der Waals surface area contributed by atoms with Gasteiger partial charge in [-0.15, -0.1) is 0 Å². The molecule has 2 saturated heterocycles.